The van der Waals surface area contributed by atoms with Crippen molar-refractivity contribution in [2.24, 2.45) is 0 Å². The number of carbonyl (C=O) groups is 2. The first-order valence-electron chi connectivity index (χ1n) is 7.91. The van der Waals surface area contributed by atoms with E-state index in [1.807, 2.05) is 0 Å². The molecular weight excluding hydrogens is 280 g/mol. The number of hydrogen-bond donors (Lipinski definition) is 2. The monoisotopic (exact) mass is 306 g/mol. The molecule has 0 radical (unpaired) electrons. The predicted molar refractivity (Wildman–Crippen MR) is 88.1 cm³/mol. The molecule has 122 valence electrons. The molecule has 0 spiro atoms. The van der Waals surface area contributed by atoms with E-state index < -0.39 is 0 Å². The quantitative estimate of drug-likeness (QED) is 0.374. The third-order valence-corrected chi connectivity index (χ3v) is 3.35. The Morgan fingerprint density at radius 2 is 2.09 bits per heavy atom. The van der Waals surface area contributed by atoms with Crippen LogP contribution >= 0.6 is 0 Å². The van der Waals surface area contributed by atoms with Crippen LogP contribution in [-0.2, 0) is 4.79 Å². The van der Waals surface area contributed by atoms with Crippen LogP contribution in [0.15, 0.2) is 18.2 Å². The maximum absolute atomic E-state index is 11.6. The van der Waals surface area contributed by atoms with E-state index >= 15 is 0 Å². The molecule has 0 bridgehead atoms. The first-order valence-corrected chi connectivity index (χ1v) is 7.91. The van der Waals surface area contributed by atoms with Crippen LogP contribution in [0.2, 0.25) is 0 Å². The predicted octanol–water partition coefficient (Wildman–Crippen LogP) is 2.94. The van der Waals surface area contributed by atoms with Crippen LogP contribution in [0.5, 0.6) is 5.75 Å². The van der Waals surface area contributed by atoms with Gasteiger partial charge in [0.1, 0.15) is 5.75 Å². The number of hydrogen-bond acceptors (Lipinski definition) is 4. The van der Waals surface area contributed by atoms with E-state index in [-0.39, 0.29) is 5.91 Å². The number of anilines is 1. The Morgan fingerprint density at radius 3 is 2.77 bits per heavy atom. The summed E-state index contributed by atoms with van der Waals surface area (Å²) in [6.07, 6.45) is 6.44. The highest BCUT2D eigenvalue weighted by Gasteiger charge is 2.03. The van der Waals surface area contributed by atoms with Crippen molar-refractivity contribution in [2.45, 2.75) is 45.4 Å². The Hall–Kier alpha value is -2.04. The molecule has 0 aliphatic rings. The van der Waals surface area contributed by atoms with Crippen LogP contribution in [0.25, 0.3) is 0 Å². The topological polar surface area (TPSA) is 81.4 Å². The number of amides is 1. The van der Waals surface area contributed by atoms with Crippen molar-refractivity contribution in [2.75, 3.05) is 18.9 Å². The average Bonchev–Trinajstić information content (AvgIpc) is 2.51. The molecule has 0 aliphatic heterocycles. The summed E-state index contributed by atoms with van der Waals surface area (Å²) in [5.74, 6) is 0.680. The third-order valence-electron chi connectivity index (χ3n) is 3.35. The van der Waals surface area contributed by atoms with Crippen molar-refractivity contribution in [3.8, 4) is 5.75 Å². The maximum Gasteiger partial charge on any atom is 0.220 e. The van der Waals surface area contributed by atoms with E-state index in [2.05, 4.69) is 12.2 Å². The number of rotatable bonds is 11. The number of benzene rings is 1. The molecule has 5 nitrogen and oxygen atoms in total. The zero-order valence-corrected chi connectivity index (χ0v) is 13.3. The van der Waals surface area contributed by atoms with Gasteiger partial charge in [-0.25, -0.2) is 0 Å². The highest BCUT2D eigenvalue weighted by molar-refractivity contribution is 5.83. The van der Waals surface area contributed by atoms with E-state index in [0.717, 1.165) is 19.4 Å². The Kier molecular flexibility index (Phi) is 8.72. The fraction of sp³-hybridized carbons (Fsp3) is 0.529. The molecule has 0 saturated carbocycles. The summed E-state index contributed by atoms with van der Waals surface area (Å²) in [7, 11) is 0. The second-order valence-electron chi connectivity index (χ2n) is 5.27. The smallest absolute Gasteiger partial charge is 0.220 e. The Bertz CT molecular complexity index is 475. The van der Waals surface area contributed by atoms with Crippen LogP contribution in [0.3, 0.4) is 0 Å². The summed E-state index contributed by atoms with van der Waals surface area (Å²) in [4.78, 5) is 22.3. The fourth-order valence-corrected chi connectivity index (χ4v) is 2.04. The molecule has 0 saturated heterocycles. The Morgan fingerprint density at radius 1 is 1.27 bits per heavy atom. The average molecular weight is 306 g/mol. The summed E-state index contributed by atoms with van der Waals surface area (Å²) in [5, 5.41) is 2.91. The molecule has 0 heterocycles. The number of ether oxygens (including phenoxy) is 1. The van der Waals surface area contributed by atoms with Gasteiger partial charge in [0.2, 0.25) is 5.91 Å². The van der Waals surface area contributed by atoms with Gasteiger partial charge in [0.05, 0.1) is 6.61 Å². The van der Waals surface area contributed by atoms with Crippen molar-refractivity contribution >= 4 is 17.9 Å². The number of nitrogen functional groups attached to an aromatic ring is 1. The van der Waals surface area contributed by atoms with Gasteiger partial charge in [-0.3, -0.25) is 9.59 Å². The Labute approximate surface area is 132 Å². The number of carbonyl (C=O) groups excluding carboxylic acids is 2. The lowest BCUT2D eigenvalue weighted by Crippen LogP contribution is -2.24. The lowest BCUT2D eigenvalue weighted by atomic mass is 10.2. The van der Waals surface area contributed by atoms with Gasteiger partial charge < -0.3 is 15.8 Å². The van der Waals surface area contributed by atoms with Gasteiger partial charge in [-0.2, -0.15) is 0 Å². The molecule has 3 N–H and O–H groups in total. The highest BCUT2D eigenvalue weighted by atomic mass is 16.5. The van der Waals surface area contributed by atoms with Crippen LogP contribution in [0.1, 0.15) is 55.8 Å². The zero-order valence-electron chi connectivity index (χ0n) is 13.3. The molecular formula is C17H26N2O3. The number of unbranched alkanes of at least 4 members (excludes halogenated alkanes) is 3. The van der Waals surface area contributed by atoms with Crippen molar-refractivity contribution in [3.05, 3.63) is 23.8 Å². The zero-order chi connectivity index (χ0) is 16.2. The minimum absolute atomic E-state index is 0.0657. The first-order chi connectivity index (χ1) is 10.7. The van der Waals surface area contributed by atoms with Crippen LogP contribution in [-0.4, -0.2) is 25.3 Å². The lowest BCUT2D eigenvalue weighted by molar-refractivity contribution is -0.121. The van der Waals surface area contributed by atoms with Gasteiger partial charge in [-0.15, -0.1) is 0 Å². The molecule has 22 heavy (non-hydrogen) atoms. The largest absolute Gasteiger partial charge is 0.494 e. The molecule has 0 unspecified atom stereocenters. The molecule has 1 aromatic carbocycles. The van der Waals surface area contributed by atoms with Crippen molar-refractivity contribution in [1.82, 2.24) is 5.32 Å². The molecule has 0 fully saturated rings. The normalized spacial score (nSPS) is 10.2. The minimum atomic E-state index is 0.0657. The first kappa shape index (κ1) is 18.0. The summed E-state index contributed by atoms with van der Waals surface area (Å²) in [6, 6.07) is 4.95. The van der Waals surface area contributed by atoms with Crippen molar-refractivity contribution in [3.63, 3.8) is 0 Å². The second-order valence-corrected chi connectivity index (χ2v) is 5.27. The van der Waals surface area contributed by atoms with Crippen LogP contribution < -0.4 is 15.8 Å². The standard InChI is InChI=1S/C17H26N2O3/c1-2-3-4-5-10-19-17(21)7-6-11-22-15-9-8-14(13-20)16(18)12-15/h8-9,12-13H,2-7,10-11,18H2,1H3,(H,19,21). The maximum atomic E-state index is 11.6. The van der Waals surface area contributed by atoms with E-state index in [4.69, 9.17) is 10.5 Å². The molecule has 1 aromatic rings. The number of nitrogens with one attached hydrogen (secondary N) is 1. The van der Waals surface area contributed by atoms with Crippen molar-refractivity contribution in [1.29, 1.82) is 0 Å². The number of aldehydes is 1. The minimum Gasteiger partial charge on any atom is -0.494 e. The molecule has 5 heteroatoms. The summed E-state index contributed by atoms with van der Waals surface area (Å²) < 4.78 is 5.52. The van der Waals surface area contributed by atoms with E-state index in [9.17, 15) is 9.59 Å². The van der Waals surface area contributed by atoms with E-state index in [0.29, 0.717) is 42.7 Å². The second kappa shape index (κ2) is 10.7. The lowest BCUT2D eigenvalue weighted by Gasteiger charge is -2.08. The highest BCUT2D eigenvalue weighted by Crippen LogP contribution is 2.18. The molecule has 0 atom stereocenters. The van der Waals surface area contributed by atoms with Gasteiger partial charge in [0.25, 0.3) is 0 Å². The summed E-state index contributed by atoms with van der Waals surface area (Å²) >= 11 is 0. The van der Waals surface area contributed by atoms with E-state index in [1.165, 1.54) is 12.8 Å². The summed E-state index contributed by atoms with van der Waals surface area (Å²) in [5.41, 5.74) is 6.55. The fourth-order valence-electron chi connectivity index (χ4n) is 2.04. The van der Waals surface area contributed by atoms with Gasteiger partial charge in [0.15, 0.2) is 6.29 Å². The van der Waals surface area contributed by atoms with Gasteiger partial charge in [0, 0.05) is 30.3 Å². The molecule has 1 rings (SSSR count). The third kappa shape index (κ3) is 7.11. The van der Waals surface area contributed by atoms with Gasteiger partial charge in [-0.05, 0) is 25.0 Å². The molecule has 1 amide bonds. The van der Waals surface area contributed by atoms with Gasteiger partial charge >= 0.3 is 0 Å². The summed E-state index contributed by atoms with van der Waals surface area (Å²) in [6.45, 7) is 3.37. The van der Waals surface area contributed by atoms with Crippen molar-refractivity contribution < 1.29 is 14.3 Å². The Balaban J connectivity index is 2.13. The molecule has 0 aliphatic carbocycles. The van der Waals surface area contributed by atoms with E-state index in [1.54, 1.807) is 18.2 Å². The molecule has 0 aromatic heterocycles. The van der Waals surface area contributed by atoms with Gasteiger partial charge in [-0.1, -0.05) is 26.2 Å². The van der Waals surface area contributed by atoms with Crippen LogP contribution in [0, 0.1) is 0 Å². The van der Waals surface area contributed by atoms with Crippen LogP contribution in [0.4, 0.5) is 5.69 Å². The number of nitrogens with two attached hydrogens (primary N) is 1. The SMILES string of the molecule is CCCCCCNC(=O)CCCOc1ccc(C=O)c(N)c1.